The molecule has 1 unspecified atom stereocenters. The maximum atomic E-state index is 12.5. The van der Waals surface area contributed by atoms with Gasteiger partial charge in [-0.1, -0.05) is 13.0 Å². The summed E-state index contributed by atoms with van der Waals surface area (Å²) in [5, 5.41) is 2.86. The maximum absolute atomic E-state index is 12.5. The lowest BCUT2D eigenvalue weighted by Gasteiger charge is -2.23. The fraction of sp³-hybridized carbons (Fsp3) is 0.667. The number of hydrogen-bond donors (Lipinski definition) is 1. The van der Waals surface area contributed by atoms with Crippen molar-refractivity contribution < 1.29 is 13.2 Å². The number of aromatic nitrogens is 1. The van der Waals surface area contributed by atoms with Crippen molar-refractivity contribution in [3.05, 3.63) is 23.9 Å². The Morgan fingerprint density at radius 3 is 2.62 bits per heavy atom. The number of hydrogen-bond acceptors (Lipinski definition) is 5. The number of pyridine rings is 1. The Balaban J connectivity index is 1.95. The average Bonchev–Trinajstić information content (AvgIpc) is 3.13. The van der Waals surface area contributed by atoms with E-state index < -0.39 is 16.1 Å². The molecule has 1 aromatic heterocycles. The van der Waals surface area contributed by atoms with Gasteiger partial charge < -0.3 is 10.2 Å². The lowest BCUT2D eigenvalue weighted by atomic mass is 10.2. The van der Waals surface area contributed by atoms with Crippen molar-refractivity contribution in [1.82, 2.24) is 14.6 Å². The molecule has 0 aromatic carbocycles. The molecule has 26 heavy (non-hydrogen) atoms. The van der Waals surface area contributed by atoms with E-state index in [1.54, 1.807) is 6.20 Å². The first-order chi connectivity index (χ1) is 12.4. The minimum Gasteiger partial charge on any atom is -0.357 e. The molecule has 1 N–H and O–H groups in total. The van der Waals surface area contributed by atoms with Gasteiger partial charge in [0.05, 0.1) is 5.75 Å². The third kappa shape index (κ3) is 4.94. The zero-order valence-electron chi connectivity index (χ0n) is 15.9. The SMILES string of the molecule is CCCS(=O)(=O)N1CCCC1C(=O)NCc1ccc(N(CC)CC)nc1. The molecular weight excluding hydrogens is 352 g/mol. The fourth-order valence-corrected chi connectivity index (χ4v) is 5.02. The first kappa shape index (κ1) is 20.6. The van der Waals surface area contributed by atoms with Crippen molar-refractivity contribution in [3.63, 3.8) is 0 Å². The van der Waals surface area contributed by atoms with Crippen molar-refractivity contribution >= 4 is 21.7 Å². The monoisotopic (exact) mass is 382 g/mol. The van der Waals surface area contributed by atoms with Gasteiger partial charge in [-0.2, -0.15) is 4.31 Å². The van der Waals surface area contributed by atoms with Crippen LogP contribution in [-0.4, -0.2) is 55.0 Å². The highest BCUT2D eigenvalue weighted by molar-refractivity contribution is 7.89. The lowest BCUT2D eigenvalue weighted by Crippen LogP contribution is -2.46. The second-order valence-corrected chi connectivity index (χ2v) is 8.54. The summed E-state index contributed by atoms with van der Waals surface area (Å²) >= 11 is 0. The van der Waals surface area contributed by atoms with Crippen molar-refractivity contribution in [1.29, 1.82) is 0 Å². The Kier molecular flexibility index (Phi) is 7.40. The van der Waals surface area contributed by atoms with E-state index in [0.29, 0.717) is 25.9 Å². The standard InChI is InChI=1S/C18H30N4O3S/c1-4-12-26(24,25)22-11-7-8-16(22)18(23)20-14-15-9-10-17(19-13-15)21(5-2)6-3/h9-10,13,16H,4-8,11-12,14H2,1-3H3,(H,20,23). The molecule has 1 aliphatic heterocycles. The Hall–Kier alpha value is -1.67. The molecule has 0 bridgehead atoms. The lowest BCUT2D eigenvalue weighted by molar-refractivity contribution is -0.124. The summed E-state index contributed by atoms with van der Waals surface area (Å²) in [7, 11) is -3.35. The number of sulfonamides is 1. The van der Waals surface area contributed by atoms with E-state index in [1.807, 2.05) is 19.1 Å². The number of carbonyl (C=O) groups is 1. The Labute approximate surface area is 156 Å². The molecule has 2 heterocycles. The first-order valence-electron chi connectivity index (χ1n) is 9.40. The number of anilines is 1. The second-order valence-electron chi connectivity index (χ2n) is 6.50. The van der Waals surface area contributed by atoms with Crippen LogP contribution in [0.25, 0.3) is 0 Å². The highest BCUT2D eigenvalue weighted by atomic mass is 32.2. The van der Waals surface area contributed by atoms with Gasteiger partial charge in [-0.25, -0.2) is 13.4 Å². The van der Waals surface area contributed by atoms with Gasteiger partial charge >= 0.3 is 0 Å². The molecule has 7 nitrogen and oxygen atoms in total. The van der Waals surface area contributed by atoms with Crippen LogP contribution in [-0.2, 0) is 21.4 Å². The molecule has 1 aliphatic rings. The fourth-order valence-electron chi connectivity index (χ4n) is 3.27. The van der Waals surface area contributed by atoms with Crippen LogP contribution in [0.1, 0.15) is 45.6 Å². The minimum atomic E-state index is -3.35. The minimum absolute atomic E-state index is 0.0908. The first-order valence-corrected chi connectivity index (χ1v) is 11.0. The van der Waals surface area contributed by atoms with Gasteiger partial charge in [-0.05, 0) is 44.7 Å². The molecule has 8 heteroatoms. The summed E-state index contributed by atoms with van der Waals surface area (Å²) in [5.74, 6) is 0.778. The maximum Gasteiger partial charge on any atom is 0.238 e. The third-order valence-electron chi connectivity index (χ3n) is 4.69. The number of nitrogens with zero attached hydrogens (tertiary/aromatic N) is 3. The van der Waals surface area contributed by atoms with Crippen LogP contribution in [0.15, 0.2) is 18.3 Å². The molecule has 0 radical (unpaired) electrons. The van der Waals surface area contributed by atoms with E-state index >= 15 is 0 Å². The van der Waals surface area contributed by atoms with Crippen molar-refractivity contribution in [3.8, 4) is 0 Å². The third-order valence-corrected chi connectivity index (χ3v) is 6.76. The zero-order valence-corrected chi connectivity index (χ0v) is 16.8. The smallest absolute Gasteiger partial charge is 0.238 e. The van der Waals surface area contributed by atoms with Gasteiger partial charge in [-0.15, -0.1) is 0 Å². The van der Waals surface area contributed by atoms with Gasteiger partial charge in [0.25, 0.3) is 0 Å². The quantitative estimate of drug-likeness (QED) is 0.703. The summed E-state index contributed by atoms with van der Waals surface area (Å²) in [4.78, 5) is 19.1. The topological polar surface area (TPSA) is 82.6 Å². The van der Waals surface area contributed by atoms with Crippen molar-refractivity contribution in [2.75, 3.05) is 30.3 Å². The van der Waals surface area contributed by atoms with E-state index in [4.69, 9.17) is 0 Å². The summed E-state index contributed by atoms with van der Waals surface area (Å²) in [5.41, 5.74) is 0.898. The molecule has 0 spiro atoms. The average molecular weight is 383 g/mol. The van der Waals surface area contributed by atoms with E-state index in [9.17, 15) is 13.2 Å². The van der Waals surface area contributed by atoms with E-state index in [-0.39, 0.29) is 11.7 Å². The predicted molar refractivity (Wildman–Crippen MR) is 103 cm³/mol. The molecule has 146 valence electrons. The number of amides is 1. The molecule has 2 rings (SSSR count). The molecule has 1 aromatic rings. The molecule has 1 atom stereocenters. The highest BCUT2D eigenvalue weighted by Crippen LogP contribution is 2.22. The Morgan fingerprint density at radius 2 is 2.04 bits per heavy atom. The van der Waals surface area contributed by atoms with Crippen LogP contribution >= 0.6 is 0 Å². The van der Waals surface area contributed by atoms with Crippen LogP contribution in [0.3, 0.4) is 0 Å². The molecule has 0 saturated carbocycles. The molecule has 1 fully saturated rings. The summed E-state index contributed by atoms with van der Waals surface area (Å²) < 4.78 is 26.0. The molecular formula is C18H30N4O3S. The van der Waals surface area contributed by atoms with Crippen LogP contribution in [0.2, 0.25) is 0 Å². The van der Waals surface area contributed by atoms with E-state index in [0.717, 1.165) is 30.9 Å². The number of nitrogens with one attached hydrogen (secondary N) is 1. The second kappa shape index (κ2) is 9.32. The summed E-state index contributed by atoms with van der Waals surface area (Å²) in [6, 6.07) is 3.30. The van der Waals surface area contributed by atoms with Crippen molar-refractivity contribution in [2.45, 2.75) is 52.6 Å². The van der Waals surface area contributed by atoms with Crippen LogP contribution in [0.4, 0.5) is 5.82 Å². The van der Waals surface area contributed by atoms with Gasteiger partial charge in [0.15, 0.2) is 0 Å². The molecule has 0 aliphatic carbocycles. The Morgan fingerprint density at radius 1 is 1.31 bits per heavy atom. The predicted octanol–water partition coefficient (Wildman–Crippen LogP) is 1.75. The van der Waals surface area contributed by atoms with Crippen molar-refractivity contribution in [2.24, 2.45) is 0 Å². The number of carbonyl (C=O) groups excluding carboxylic acids is 1. The van der Waals surface area contributed by atoms with Crippen LogP contribution in [0, 0.1) is 0 Å². The van der Waals surface area contributed by atoms with E-state index in [2.05, 4.69) is 29.0 Å². The van der Waals surface area contributed by atoms with Gasteiger partial charge in [-0.3, -0.25) is 4.79 Å². The van der Waals surface area contributed by atoms with Gasteiger partial charge in [0.2, 0.25) is 15.9 Å². The highest BCUT2D eigenvalue weighted by Gasteiger charge is 2.37. The van der Waals surface area contributed by atoms with E-state index in [1.165, 1.54) is 4.31 Å². The summed E-state index contributed by atoms with van der Waals surface area (Å²) in [6.45, 7) is 8.56. The largest absolute Gasteiger partial charge is 0.357 e. The normalized spacial score (nSPS) is 18.0. The van der Waals surface area contributed by atoms with Crippen LogP contribution in [0.5, 0.6) is 0 Å². The Bertz CT molecular complexity index is 687. The zero-order chi connectivity index (χ0) is 19.2. The molecule has 1 amide bonds. The van der Waals surface area contributed by atoms with Gasteiger partial charge in [0.1, 0.15) is 11.9 Å². The van der Waals surface area contributed by atoms with Gasteiger partial charge in [0, 0.05) is 32.4 Å². The summed E-state index contributed by atoms with van der Waals surface area (Å²) in [6.07, 6.45) is 3.61. The van der Waals surface area contributed by atoms with Crippen LogP contribution < -0.4 is 10.2 Å². The number of rotatable bonds is 9. The molecule has 1 saturated heterocycles.